The molecular weight excluding hydrogens is 1160 g/mol. The molecule has 88 heavy (non-hydrogen) atoms. The standard InChI is InChI=1S/C69H130O17P2/c1-8-9-10-11-12-13-14-15-16-17-21-24-27-38-45-52-68(73)85-64(56-79-66(71)50-43-36-31-29-34-41-48-61(4)5)58-83-87(75,76)81-54-63(70)55-82-88(77,78)84-59-65(57-80-67(72)51-44-37-32-30-35-42-49-62(6)7)86-69(74)53-46-39-28-25-22-19-18-20-23-26-33-40-47-60(2)3/h13-16,60-65,70H,8-12,17-59H2,1-7H3,(H,75,76)(H,77,78)/b14-13-,16-15-/t63-,64+,65+/m0/s1. The molecule has 5 atom stereocenters. The highest BCUT2D eigenvalue weighted by Gasteiger charge is 2.30. The smallest absolute Gasteiger partial charge is 0.462 e. The van der Waals surface area contributed by atoms with Gasteiger partial charge in [-0.2, -0.15) is 0 Å². The molecule has 0 fully saturated rings. The number of esters is 4. The molecule has 0 aromatic heterocycles. The first-order valence-corrected chi connectivity index (χ1v) is 38.2. The number of phosphoric acid groups is 2. The lowest BCUT2D eigenvalue weighted by Gasteiger charge is -2.21. The van der Waals surface area contributed by atoms with Crippen molar-refractivity contribution in [2.75, 3.05) is 39.6 Å². The third-order valence-corrected chi connectivity index (χ3v) is 17.2. The fourth-order valence-corrected chi connectivity index (χ4v) is 11.4. The van der Waals surface area contributed by atoms with Crippen molar-refractivity contribution in [1.29, 1.82) is 0 Å². The first kappa shape index (κ1) is 85.5. The van der Waals surface area contributed by atoms with Crippen LogP contribution in [0.25, 0.3) is 0 Å². The molecule has 0 spiro atoms. The van der Waals surface area contributed by atoms with Crippen LogP contribution in [0.15, 0.2) is 24.3 Å². The number of allylic oxidation sites excluding steroid dienone is 4. The number of carbonyl (C=O) groups is 4. The van der Waals surface area contributed by atoms with Crippen LogP contribution in [0.2, 0.25) is 0 Å². The van der Waals surface area contributed by atoms with E-state index in [1.165, 1.54) is 103 Å². The molecule has 0 amide bonds. The van der Waals surface area contributed by atoms with E-state index in [4.69, 9.17) is 37.0 Å². The van der Waals surface area contributed by atoms with E-state index in [1.807, 2.05) is 0 Å². The van der Waals surface area contributed by atoms with Crippen molar-refractivity contribution in [2.24, 2.45) is 17.8 Å². The summed E-state index contributed by atoms with van der Waals surface area (Å²) in [7, 11) is -9.91. The highest BCUT2D eigenvalue weighted by molar-refractivity contribution is 7.47. The van der Waals surface area contributed by atoms with Crippen molar-refractivity contribution in [3.63, 3.8) is 0 Å². The maximum atomic E-state index is 13.0. The van der Waals surface area contributed by atoms with Crippen LogP contribution in [-0.2, 0) is 65.4 Å². The highest BCUT2D eigenvalue weighted by Crippen LogP contribution is 2.45. The summed E-state index contributed by atoms with van der Waals surface area (Å²) in [4.78, 5) is 72.4. The van der Waals surface area contributed by atoms with Gasteiger partial charge in [0.25, 0.3) is 0 Å². The molecule has 2 unspecified atom stereocenters. The van der Waals surface area contributed by atoms with E-state index in [1.54, 1.807) is 0 Å². The van der Waals surface area contributed by atoms with Crippen LogP contribution in [-0.4, -0.2) is 96.7 Å². The Hall–Kier alpha value is -2.46. The van der Waals surface area contributed by atoms with Crippen molar-refractivity contribution in [3.8, 4) is 0 Å². The topological polar surface area (TPSA) is 237 Å². The quantitative estimate of drug-likeness (QED) is 0.0169. The number of hydrogen-bond acceptors (Lipinski definition) is 15. The van der Waals surface area contributed by atoms with Crippen molar-refractivity contribution >= 4 is 39.5 Å². The van der Waals surface area contributed by atoms with Crippen molar-refractivity contribution in [1.82, 2.24) is 0 Å². The maximum absolute atomic E-state index is 13.0. The summed E-state index contributed by atoms with van der Waals surface area (Å²) in [5.74, 6) is -0.0341. The van der Waals surface area contributed by atoms with Gasteiger partial charge in [-0.1, -0.05) is 265 Å². The number of ether oxygens (including phenoxy) is 4. The number of carbonyl (C=O) groups excluding carboxylic acids is 4. The van der Waals surface area contributed by atoms with E-state index in [-0.39, 0.29) is 25.7 Å². The predicted molar refractivity (Wildman–Crippen MR) is 354 cm³/mol. The predicted octanol–water partition coefficient (Wildman–Crippen LogP) is 19.0. The average Bonchev–Trinajstić information content (AvgIpc) is 3.56. The Morgan fingerprint density at radius 1 is 0.352 bits per heavy atom. The molecule has 0 radical (unpaired) electrons. The lowest BCUT2D eigenvalue weighted by molar-refractivity contribution is -0.161. The van der Waals surface area contributed by atoms with Crippen LogP contribution in [0.5, 0.6) is 0 Å². The molecular formula is C69H130O17P2. The molecule has 0 heterocycles. The van der Waals surface area contributed by atoms with E-state index >= 15 is 0 Å². The summed E-state index contributed by atoms with van der Waals surface area (Å²) in [6.07, 6.45) is 45.6. The maximum Gasteiger partial charge on any atom is 0.472 e. The van der Waals surface area contributed by atoms with Gasteiger partial charge in [-0.25, -0.2) is 9.13 Å². The molecule has 518 valence electrons. The molecule has 3 N–H and O–H groups in total. The summed E-state index contributed by atoms with van der Waals surface area (Å²) >= 11 is 0. The normalized spacial score (nSPS) is 14.4. The van der Waals surface area contributed by atoms with Gasteiger partial charge in [0.2, 0.25) is 0 Å². The molecule has 0 bridgehead atoms. The Bertz CT molecular complexity index is 1830. The minimum Gasteiger partial charge on any atom is -0.462 e. The van der Waals surface area contributed by atoms with Gasteiger partial charge in [0.15, 0.2) is 12.2 Å². The van der Waals surface area contributed by atoms with E-state index in [0.717, 1.165) is 121 Å². The molecule has 19 heteroatoms. The second-order valence-corrected chi connectivity index (χ2v) is 28.6. The van der Waals surface area contributed by atoms with E-state index in [0.29, 0.717) is 37.5 Å². The Morgan fingerprint density at radius 3 is 0.920 bits per heavy atom. The monoisotopic (exact) mass is 1290 g/mol. The SMILES string of the molecule is CCCCCC/C=C\C=C/CCCCCCCC(=O)O[C@H](COC(=O)CCCCCCCCC(C)C)COP(=O)(O)OC[C@H](O)COP(=O)(O)OC[C@@H](COC(=O)CCCCCCCCC(C)C)OC(=O)CCCCCCCCCCCCCCC(C)C. The van der Waals surface area contributed by atoms with Gasteiger partial charge in [0.1, 0.15) is 19.3 Å². The van der Waals surface area contributed by atoms with Crippen LogP contribution >= 0.6 is 15.6 Å². The first-order chi connectivity index (χ1) is 42.2. The average molecular weight is 1290 g/mol. The Balaban J connectivity index is 5.26. The fourth-order valence-electron chi connectivity index (χ4n) is 9.82. The van der Waals surface area contributed by atoms with Crippen LogP contribution in [0.3, 0.4) is 0 Å². The zero-order chi connectivity index (χ0) is 65.2. The lowest BCUT2D eigenvalue weighted by Crippen LogP contribution is -2.30. The molecule has 0 aromatic carbocycles. The van der Waals surface area contributed by atoms with E-state index in [9.17, 15) is 43.2 Å². The van der Waals surface area contributed by atoms with Gasteiger partial charge in [0.05, 0.1) is 26.4 Å². The molecule has 0 aliphatic heterocycles. The largest absolute Gasteiger partial charge is 0.472 e. The summed E-state index contributed by atoms with van der Waals surface area (Å²) < 4.78 is 68.1. The second kappa shape index (κ2) is 59.5. The molecule has 0 aliphatic carbocycles. The van der Waals surface area contributed by atoms with Gasteiger partial charge in [-0.3, -0.25) is 37.3 Å². The number of aliphatic hydroxyl groups excluding tert-OH is 1. The lowest BCUT2D eigenvalue weighted by atomic mass is 10.0. The first-order valence-electron chi connectivity index (χ1n) is 35.2. The highest BCUT2D eigenvalue weighted by atomic mass is 31.2. The van der Waals surface area contributed by atoms with E-state index < -0.39 is 97.5 Å². The van der Waals surface area contributed by atoms with Crippen LogP contribution < -0.4 is 0 Å². The Morgan fingerprint density at radius 2 is 0.614 bits per heavy atom. The number of unbranched alkanes of at least 4 members (excludes halogenated alkanes) is 30. The van der Waals surface area contributed by atoms with Gasteiger partial charge in [-0.15, -0.1) is 0 Å². The van der Waals surface area contributed by atoms with Crippen LogP contribution in [0.1, 0.15) is 318 Å². The van der Waals surface area contributed by atoms with Crippen LogP contribution in [0.4, 0.5) is 0 Å². The number of rotatable bonds is 65. The fraction of sp³-hybridized carbons (Fsp3) is 0.884. The third-order valence-electron chi connectivity index (χ3n) is 15.3. The summed E-state index contributed by atoms with van der Waals surface area (Å²) in [5.41, 5.74) is 0. The summed E-state index contributed by atoms with van der Waals surface area (Å²) in [5, 5.41) is 10.6. The van der Waals surface area contributed by atoms with Crippen molar-refractivity contribution in [2.45, 2.75) is 336 Å². The van der Waals surface area contributed by atoms with Gasteiger partial charge in [-0.05, 0) is 69.1 Å². The second-order valence-electron chi connectivity index (χ2n) is 25.7. The number of aliphatic hydroxyl groups is 1. The minimum atomic E-state index is -4.96. The molecule has 0 rings (SSSR count). The van der Waals surface area contributed by atoms with Gasteiger partial charge < -0.3 is 33.8 Å². The van der Waals surface area contributed by atoms with Crippen molar-refractivity contribution in [3.05, 3.63) is 24.3 Å². The summed E-state index contributed by atoms with van der Waals surface area (Å²) in [6.45, 7) is 11.6. The molecule has 17 nitrogen and oxygen atoms in total. The zero-order valence-corrected chi connectivity index (χ0v) is 58.5. The molecule has 0 saturated carbocycles. The van der Waals surface area contributed by atoms with E-state index in [2.05, 4.69) is 72.8 Å². The molecule has 0 saturated heterocycles. The third kappa shape index (κ3) is 62.4. The minimum absolute atomic E-state index is 0.0834. The molecule has 0 aliphatic rings. The van der Waals surface area contributed by atoms with Gasteiger partial charge in [0, 0.05) is 25.7 Å². The Labute approximate surface area is 535 Å². The zero-order valence-electron chi connectivity index (χ0n) is 56.7. The van der Waals surface area contributed by atoms with Crippen molar-refractivity contribution < 1.29 is 80.2 Å². The summed E-state index contributed by atoms with van der Waals surface area (Å²) in [6, 6.07) is 0. The number of hydrogen-bond donors (Lipinski definition) is 3. The molecule has 0 aromatic rings. The van der Waals surface area contributed by atoms with Gasteiger partial charge >= 0.3 is 39.5 Å². The van der Waals surface area contributed by atoms with Crippen LogP contribution in [0, 0.1) is 17.8 Å². The number of phosphoric ester groups is 2. The Kier molecular flexibility index (Phi) is 57.9.